The summed E-state index contributed by atoms with van der Waals surface area (Å²) in [5.41, 5.74) is 2.01. The van der Waals surface area contributed by atoms with Crippen molar-refractivity contribution in [3.63, 3.8) is 0 Å². The van der Waals surface area contributed by atoms with Crippen molar-refractivity contribution in [3.8, 4) is 0 Å². The molecule has 0 aliphatic rings. The molecule has 0 saturated carbocycles. The van der Waals surface area contributed by atoms with E-state index < -0.39 is 12.5 Å². The van der Waals surface area contributed by atoms with Crippen molar-refractivity contribution < 1.29 is 23.0 Å². The number of nitro benzene ring substituents is 1. The number of hydrogen-bond donors (Lipinski definition) is 1. The number of nitro groups is 1. The van der Waals surface area contributed by atoms with Gasteiger partial charge in [0.15, 0.2) is 0 Å². The lowest BCUT2D eigenvalue weighted by Crippen LogP contribution is -2.18. The summed E-state index contributed by atoms with van der Waals surface area (Å²) in [4.78, 5) is 14.8. The van der Waals surface area contributed by atoms with Gasteiger partial charge in [-0.15, -0.1) is 0 Å². The molecule has 1 N–H and O–H groups in total. The molecule has 1 aromatic heterocycles. The monoisotopic (exact) mass is 459 g/mol. The van der Waals surface area contributed by atoms with Gasteiger partial charge < -0.3 is 18.8 Å². The summed E-state index contributed by atoms with van der Waals surface area (Å²) in [5, 5.41) is 14.0. The second-order valence-electron chi connectivity index (χ2n) is 6.86. The van der Waals surface area contributed by atoms with Crippen LogP contribution in [-0.4, -0.2) is 29.7 Å². The van der Waals surface area contributed by atoms with Gasteiger partial charge in [0.2, 0.25) is 17.2 Å². The van der Waals surface area contributed by atoms with Crippen LogP contribution in [0.2, 0.25) is 0 Å². The largest absolute Gasteiger partial charge is 0.424 e. The first-order valence-corrected chi connectivity index (χ1v) is 11.9. The summed E-state index contributed by atoms with van der Waals surface area (Å²) in [6.07, 6.45) is 0.996. The standard InChI is InChI=1S/C22H26N3O6P/c1-3-29-32(28,30-4-2)22-21(23-15-14-17-8-6-5-7-9-17)31-20(24-22)16-18-10-12-19(13-11-18)25(26)27/h5-13,23H,3-4,14-16H2,1-2H3. The number of hydrogen-bond acceptors (Lipinski definition) is 8. The molecule has 0 unspecified atom stereocenters. The molecule has 32 heavy (non-hydrogen) atoms. The van der Waals surface area contributed by atoms with Gasteiger partial charge in [0.1, 0.15) is 0 Å². The van der Waals surface area contributed by atoms with E-state index in [9.17, 15) is 14.7 Å². The number of nitrogens with zero attached hydrogens (tertiary/aromatic N) is 2. The first-order chi connectivity index (χ1) is 15.4. The quantitative estimate of drug-likeness (QED) is 0.235. The van der Waals surface area contributed by atoms with Crippen LogP contribution in [0.25, 0.3) is 0 Å². The van der Waals surface area contributed by atoms with Crippen LogP contribution >= 0.6 is 7.60 Å². The SMILES string of the molecule is CCOP(=O)(OCC)c1nc(Cc2ccc([N+](=O)[O-])cc2)oc1NCCc1ccccc1. The summed E-state index contributed by atoms with van der Waals surface area (Å²) < 4.78 is 30.2. The van der Waals surface area contributed by atoms with Crippen LogP contribution in [0.15, 0.2) is 59.0 Å². The molecule has 10 heteroatoms. The van der Waals surface area contributed by atoms with Gasteiger partial charge in [-0.05, 0) is 31.4 Å². The molecule has 170 valence electrons. The third kappa shape index (κ3) is 6.03. The minimum Gasteiger partial charge on any atom is -0.424 e. The number of anilines is 1. The Bertz CT molecular complexity index is 1060. The van der Waals surface area contributed by atoms with Gasteiger partial charge >= 0.3 is 7.60 Å². The maximum Gasteiger partial charge on any atom is 0.385 e. The number of benzene rings is 2. The van der Waals surface area contributed by atoms with Gasteiger partial charge in [-0.2, -0.15) is 0 Å². The highest BCUT2D eigenvalue weighted by molar-refractivity contribution is 7.62. The number of oxazole rings is 1. The third-order valence-corrected chi connectivity index (χ3v) is 6.57. The Labute approximate surface area is 186 Å². The Morgan fingerprint density at radius 2 is 1.69 bits per heavy atom. The van der Waals surface area contributed by atoms with Crippen LogP contribution in [0.1, 0.15) is 30.9 Å². The van der Waals surface area contributed by atoms with Gasteiger partial charge in [-0.1, -0.05) is 42.5 Å². The Morgan fingerprint density at radius 3 is 2.28 bits per heavy atom. The van der Waals surface area contributed by atoms with Crippen LogP contribution in [0.4, 0.5) is 11.6 Å². The summed E-state index contributed by atoms with van der Waals surface area (Å²) in [6, 6.07) is 16.0. The average Bonchev–Trinajstić information content (AvgIpc) is 3.18. The fourth-order valence-corrected chi connectivity index (χ4v) is 4.71. The molecule has 3 aromatic rings. The van der Waals surface area contributed by atoms with Crippen molar-refractivity contribution in [1.29, 1.82) is 0 Å². The van der Waals surface area contributed by atoms with Crippen molar-refractivity contribution in [3.05, 3.63) is 81.7 Å². The Kier molecular flexibility index (Phi) is 8.16. The minimum absolute atomic E-state index is 0.00213. The van der Waals surface area contributed by atoms with Crippen LogP contribution in [0.3, 0.4) is 0 Å². The molecule has 9 nitrogen and oxygen atoms in total. The second kappa shape index (κ2) is 11.0. The van der Waals surface area contributed by atoms with Crippen LogP contribution in [0, 0.1) is 10.1 Å². The molecule has 0 atom stereocenters. The Morgan fingerprint density at radius 1 is 1.03 bits per heavy atom. The fraction of sp³-hybridized carbons (Fsp3) is 0.318. The van der Waals surface area contributed by atoms with Crippen LogP contribution < -0.4 is 10.8 Å². The number of nitrogens with one attached hydrogen (secondary N) is 1. The molecule has 0 saturated heterocycles. The van der Waals surface area contributed by atoms with Gasteiger partial charge in [0, 0.05) is 25.1 Å². The maximum atomic E-state index is 13.4. The average molecular weight is 459 g/mol. The smallest absolute Gasteiger partial charge is 0.385 e. The molecule has 3 rings (SSSR count). The van der Waals surface area contributed by atoms with E-state index in [0.29, 0.717) is 12.4 Å². The molecule has 0 spiro atoms. The second-order valence-corrected chi connectivity index (χ2v) is 8.79. The summed E-state index contributed by atoms with van der Waals surface area (Å²) >= 11 is 0. The van der Waals surface area contributed by atoms with Crippen molar-refractivity contribution >= 4 is 24.6 Å². The molecule has 1 heterocycles. The highest BCUT2D eigenvalue weighted by Gasteiger charge is 2.35. The van der Waals surface area contributed by atoms with E-state index in [0.717, 1.165) is 17.5 Å². The van der Waals surface area contributed by atoms with E-state index in [1.54, 1.807) is 26.0 Å². The zero-order valence-electron chi connectivity index (χ0n) is 18.0. The topological polar surface area (TPSA) is 117 Å². The van der Waals surface area contributed by atoms with Gasteiger partial charge in [-0.3, -0.25) is 14.7 Å². The van der Waals surface area contributed by atoms with Crippen molar-refractivity contribution in [2.24, 2.45) is 0 Å². The highest BCUT2D eigenvalue weighted by Crippen LogP contribution is 2.48. The van der Waals surface area contributed by atoms with E-state index >= 15 is 0 Å². The molecule has 0 fully saturated rings. The lowest BCUT2D eigenvalue weighted by molar-refractivity contribution is -0.384. The van der Waals surface area contributed by atoms with Crippen molar-refractivity contribution in [2.45, 2.75) is 26.7 Å². The molecule has 0 radical (unpaired) electrons. The van der Waals surface area contributed by atoms with E-state index in [1.807, 2.05) is 30.3 Å². The van der Waals surface area contributed by atoms with E-state index in [1.165, 1.54) is 12.1 Å². The molecule has 0 bridgehead atoms. The number of aromatic nitrogens is 1. The minimum atomic E-state index is -3.68. The first-order valence-electron chi connectivity index (χ1n) is 10.4. The summed E-state index contributed by atoms with van der Waals surface area (Å²) in [6.45, 7) is 4.36. The van der Waals surface area contributed by atoms with Gasteiger partial charge in [0.25, 0.3) is 5.69 Å². The molecule has 0 aliphatic carbocycles. The maximum absolute atomic E-state index is 13.4. The molecule has 0 aliphatic heterocycles. The van der Waals surface area contributed by atoms with E-state index in [2.05, 4.69) is 10.3 Å². The zero-order chi connectivity index (χ0) is 23.0. The third-order valence-electron chi connectivity index (χ3n) is 4.56. The molecule has 2 aromatic carbocycles. The summed E-state index contributed by atoms with van der Waals surface area (Å²) in [7, 11) is -3.68. The van der Waals surface area contributed by atoms with Crippen LogP contribution in [0.5, 0.6) is 0 Å². The zero-order valence-corrected chi connectivity index (χ0v) is 18.9. The normalized spacial score (nSPS) is 11.4. The van der Waals surface area contributed by atoms with Crippen LogP contribution in [-0.2, 0) is 26.5 Å². The van der Waals surface area contributed by atoms with Gasteiger partial charge in [0.05, 0.1) is 18.1 Å². The lowest BCUT2D eigenvalue weighted by atomic mass is 10.1. The van der Waals surface area contributed by atoms with E-state index in [-0.39, 0.29) is 36.6 Å². The molecular weight excluding hydrogens is 433 g/mol. The Balaban J connectivity index is 1.84. The number of rotatable bonds is 12. The number of non-ortho nitro benzene ring substituents is 1. The Hall–Kier alpha value is -3.00. The predicted molar refractivity (Wildman–Crippen MR) is 122 cm³/mol. The van der Waals surface area contributed by atoms with Gasteiger partial charge in [-0.25, -0.2) is 4.98 Å². The molecular formula is C22H26N3O6P. The first kappa shape index (κ1) is 23.7. The van der Waals surface area contributed by atoms with E-state index in [4.69, 9.17) is 13.5 Å². The molecule has 0 amide bonds. The van der Waals surface area contributed by atoms with Crippen molar-refractivity contribution in [2.75, 3.05) is 25.1 Å². The highest BCUT2D eigenvalue weighted by atomic mass is 31.2. The van der Waals surface area contributed by atoms with Crippen molar-refractivity contribution in [1.82, 2.24) is 4.98 Å². The predicted octanol–water partition coefficient (Wildman–Crippen LogP) is 4.72. The summed E-state index contributed by atoms with van der Waals surface area (Å²) in [5.74, 6) is 0.541. The fourth-order valence-electron chi connectivity index (χ4n) is 3.11. The lowest BCUT2D eigenvalue weighted by Gasteiger charge is -2.15.